The number of ketones is 1. The SMILES string of the molecule is CC1(C)OC[C@]2(OC[C@@H](OC(=O)CCl)[C@@H](OC(=O)CCl)C2=O)O1. The predicted molar refractivity (Wildman–Crippen MR) is 76.0 cm³/mol. The summed E-state index contributed by atoms with van der Waals surface area (Å²) < 4.78 is 26.3. The van der Waals surface area contributed by atoms with Gasteiger partial charge in [0.1, 0.15) is 18.4 Å². The molecule has 0 saturated carbocycles. The number of carbonyl (C=O) groups excluding carboxylic acids is 3. The molecule has 3 atom stereocenters. The molecule has 1 spiro atoms. The van der Waals surface area contributed by atoms with Crippen LogP contribution in [0.3, 0.4) is 0 Å². The van der Waals surface area contributed by atoms with E-state index in [2.05, 4.69) is 0 Å². The maximum atomic E-state index is 12.7. The number of ether oxygens (including phenoxy) is 5. The van der Waals surface area contributed by atoms with Crippen molar-refractivity contribution in [3.05, 3.63) is 0 Å². The molecular formula is C13H16Cl2O8. The number of carbonyl (C=O) groups is 3. The minimum absolute atomic E-state index is 0.177. The van der Waals surface area contributed by atoms with E-state index in [1.54, 1.807) is 13.8 Å². The molecule has 0 aliphatic carbocycles. The average molecular weight is 371 g/mol. The lowest BCUT2D eigenvalue weighted by atomic mass is 9.99. The van der Waals surface area contributed by atoms with E-state index in [0.717, 1.165) is 0 Å². The quantitative estimate of drug-likeness (QED) is 0.517. The number of rotatable bonds is 4. The summed E-state index contributed by atoms with van der Waals surface area (Å²) in [6, 6.07) is 0. The second kappa shape index (κ2) is 6.90. The van der Waals surface area contributed by atoms with Gasteiger partial charge in [-0.3, -0.25) is 14.4 Å². The van der Waals surface area contributed by atoms with Gasteiger partial charge in [-0.15, -0.1) is 23.2 Å². The van der Waals surface area contributed by atoms with E-state index in [0.29, 0.717) is 0 Å². The highest BCUT2D eigenvalue weighted by Gasteiger charge is 2.60. The van der Waals surface area contributed by atoms with Gasteiger partial charge in [0.2, 0.25) is 11.9 Å². The Hall–Kier alpha value is -0.930. The number of esters is 2. The maximum absolute atomic E-state index is 12.7. The van der Waals surface area contributed by atoms with Gasteiger partial charge in [0.05, 0.1) is 6.61 Å². The van der Waals surface area contributed by atoms with E-state index in [4.69, 9.17) is 46.9 Å². The third-order valence-electron chi connectivity index (χ3n) is 3.23. The van der Waals surface area contributed by atoms with Crippen LogP contribution in [-0.2, 0) is 38.1 Å². The summed E-state index contributed by atoms with van der Waals surface area (Å²) in [5.41, 5.74) is 0. The highest BCUT2D eigenvalue weighted by molar-refractivity contribution is 6.26. The Morgan fingerprint density at radius 2 is 1.78 bits per heavy atom. The fourth-order valence-corrected chi connectivity index (χ4v) is 2.40. The van der Waals surface area contributed by atoms with Crippen LogP contribution in [0, 0.1) is 0 Å². The van der Waals surface area contributed by atoms with Crippen LogP contribution < -0.4 is 0 Å². The van der Waals surface area contributed by atoms with Crippen molar-refractivity contribution in [3.8, 4) is 0 Å². The van der Waals surface area contributed by atoms with E-state index in [-0.39, 0.29) is 13.2 Å². The van der Waals surface area contributed by atoms with Gasteiger partial charge < -0.3 is 23.7 Å². The Morgan fingerprint density at radius 1 is 1.17 bits per heavy atom. The molecule has 2 aliphatic heterocycles. The van der Waals surface area contributed by atoms with Crippen molar-refractivity contribution in [2.75, 3.05) is 25.0 Å². The molecule has 0 N–H and O–H groups in total. The standard InChI is InChI=1S/C13H16Cl2O8/c1-12(2)20-6-13(23-12)11(18)10(22-9(17)4-15)7(5-19-13)21-8(16)3-14/h7,10H,3-6H2,1-2H3/t7-,10-,13+/m1/s1. The molecule has 10 heteroatoms. The molecule has 2 rings (SSSR count). The van der Waals surface area contributed by atoms with Crippen LogP contribution >= 0.6 is 23.2 Å². The highest BCUT2D eigenvalue weighted by Crippen LogP contribution is 2.37. The molecule has 2 saturated heterocycles. The fraction of sp³-hybridized carbons (Fsp3) is 0.769. The van der Waals surface area contributed by atoms with Crippen molar-refractivity contribution in [1.29, 1.82) is 0 Å². The van der Waals surface area contributed by atoms with Gasteiger partial charge in [-0.25, -0.2) is 0 Å². The molecule has 2 aliphatic rings. The van der Waals surface area contributed by atoms with Crippen LogP contribution in [0.25, 0.3) is 0 Å². The monoisotopic (exact) mass is 370 g/mol. The Bertz CT molecular complexity index is 508. The molecule has 0 radical (unpaired) electrons. The van der Waals surface area contributed by atoms with Gasteiger partial charge in [0, 0.05) is 0 Å². The van der Waals surface area contributed by atoms with E-state index in [1.807, 2.05) is 0 Å². The number of alkyl halides is 2. The minimum atomic E-state index is -1.72. The van der Waals surface area contributed by atoms with Crippen molar-refractivity contribution >= 4 is 40.9 Å². The largest absolute Gasteiger partial charge is 0.455 e. The second-order valence-corrected chi connectivity index (χ2v) is 5.96. The lowest BCUT2D eigenvalue weighted by Crippen LogP contribution is -2.62. The summed E-state index contributed by atoms with van der Waals surface area (Å²) in [7, 11) is 0. The normalized spacial score (nSPS) is 32.8. The molecule has 0 unspecified atom stereocenters. The molecule has 2 heterocycles. The van der Waals surface area contributed by atoms with Crippen LogP contribution in [0.5, 0.6) is 0 Å². The zero-order valence-electron chi connectivity index (χ0n) is 12.5. The summed E-state index contributed by atoms with van der Waals surface area (Å²) in [6.07, 6.45) is -2.56. The predicted octanol–water partition coefficient (Wildman–Crippen LogP) is 0.366. The minimum Gasteiger partial charge on any atom is -0.455 e. The summed E-state index contributed by atoms with van der Waals surface area (Å²) in [6.45, 7) is 2.81. The van der Waals surface area contributed by atoms with Crippen molar-refractivity contribution < 1.29 is 38.1 Å². The van der Waals surface area contributed by atoms with Crippen molar-refractivity contribution in [1.82, 2.24) is 0 Å². The summed E-state index contributed by atoms with van der Waals surface area (Å²) in [5, 5.41) is 0. The Kier molecular flexibility index (Phi) is 5.52. The fourth-order valence-electron chi connectivity index (χ4n) is 2.28. The summed E-state index contributed by atoms with van der Waals surface area (Å²) in [5.74, 6) is -5.98. The first-order valence-corrected chi connectivity index (χ1v) is 7.83. The number of hydrogen-bond acceptors (Lipinski definition) is 8. The third-order valence-corrected chi connectivity index (χ3v) is 3.67. The smallest absolute Gasteiger partial charge is 0.321 e. The van der Waals surface area contributed by atoms with Crippen LogP contribution in [-0.4, -0.2) is 66.5 Å². The average Bonchev–Trinajstić information content (AvgIpc) is 2.82. The van der Waals surface area contributed by atoms with Crippen LogP contribution in [0.15, 0.2) is 0 Å². The van der Waals surface area contributed by atoms with Crippen molar-refractivity contribution in [2.45, 2.75) is 37.6 Å². The zero-order chi connectivity index (χ0) is 17.3. The molecule has 0 amide bonds. The molecule has 2 fully saturated rings. The lowest BCUT2D eigenvalue weighted by molar-refractivity contribution is -0.274. The first-order chi connectivity index (χ1) is 10.7. The van der Waals surface area contributed by atoms with Crippen molar-refractivity contribution in [2.24, 2.45) is 0 Å². The Morgan fingerprint density at radius 3 is 2.30 bits per heavy atom. The molecule has 23 heavy (non-hydrogen) atoms. The number of halogens is 2. The summed E-state index contributed by atoms with van der Waals surface area (Å²) >= 11 is 10.8. The van der Waals surface area contributed by atoms with Gasteiger partial charge in [-0.1, -0.05) is 0 Å². The molecule has 0 bridgehead atoms. The second-order valence-electron chi connectivity index (χ2n) is 5.42. The van der Waals surface area contributed by atoms with E-state index in [1.165, 1.54) is 0 Å². The van der Waals surface area contributed by atoms with Crippen molar-refractivity contribution in [3.63, 3.8) is 0 Å². The molecule has 8 nitrogen and oxygen atoms in total. The van der Waals surface area contributed by atoms with Crippen LogP contribution in [0.2, 0.25) is 0 Å². The Balaban J connectivity index is 2.21. The molecule has 0 aromatic carbocycles. The maximum Gasteiger partial charge on any atom is 0.321 e. The molecule has 130 valence electrons. The molecular weight excluding hydrogens is 355 g/mol. The number of hydrogen-bond donors (Lipinski definition) is 0. The van der Waals surface area contributed by atoms with E-state index < -0.39 is 53.3 Å². The van der Waals surface area contributed by atoms with E-state index in [9.17, 15) is 14.4 Å². The van der Waals surface area contributed by atoms with Gasteiger partial charge in [0.15, 0.2) is 11.9 Å². The van der Waals surface area contributed by atoms with Gasteiger partial charge in [0.25, 0.3) is 5.79 Å². The lowest BCUT2D eigenvalue weighted by Gasteiger charge is -2.38. The third kappa shape index (κ3) is 3.95. The van der Waals surface area contributed by atoms with E-state index >= 15 is 0 Å². The van der Waals surface area contributed by atoms with Gasteiger partial charge in [-0.05, 0) is 13.8 Å². The first-order valence-electron chi connectivity index (χ1n) is 6.76. The van der Waals surface area contributed by atoms with Gasteiger partial charge in [-0.2, -0.15) is 0 Å². The molecule has 0 aromatic heterocycles. The van der Waals surface area contributed by atoms with Crippen LogP contribution in [0.4, 0.5) is 0 Å². The highest BCUT2D eigenvalue weighted by atomic mass is 35.5. The number of Topliss-reactive ketones (excluding diaryl/α,β-unsaturated/α-hetero) is 1. The van der Waals surface area contributed by atoms with Gasteiger partial charge >= 0.3 is 11.9 Å². The van der Waals surface area contributed by atoms with Crippen LogP contribution in [0.1, 0.15) is 13.8 Å². The first kappa shape index (κ1) is 18.4. The topological polar surface area (TPSA) is 97.4 Å². The molecule has 0 aromatic rings. The Labute approximate surface area is 142 Å². The zero-order valence-corrected chi connectivity index (χ0v) is 14.0. The summed E-state index contributed by atoms with van der Waals surface area (Å²) in [4.78, 5) is 35.5.